The lowest BCUT2D eigenvalue weighted by atomic mass is 10.1. The standard InChI is InChI=1S/C17H17N3/c1-2-10-19-16(11-18)14-8-5-7-13-12-6-3-4-9-15(12)20-17(13)14/h3-11,20H,2,18H2,1H3/b16-11-,19-10?. The molecule has 3 rings (SSSR count). The molecular weight excluding hydrogens is 246 g/mol. The molecule has 1 aromatic heterocycles. The summed E-state index contributed by atoms with van der Waals surface area (Å²) in [4.78, 5) is 7.91. The van der Waals surface area contributed by atoms with Crippen molar-refractivity contribution in [3.05, 3.63) is 54.2 Å². The Balaban J connectivity index is 2.29. The summed E-state index contributed by atoms with van der Waals surface area (Å²) >= 11 is 0. The normalized spacial score (nSPS) is 12.8. The van der Waals surface area contributed by atoms with Crippen molar-refractivity contribution >= 4 is 33.7 Å². The number of nitrogens with one attached hydrogen (secondary N) is 1. The van der Waals surface area contributed by atoms with E-state index in [0.717, 1.165) is 28.7 Å². The van der Waals surface area contributed by atoms with Crippen LogP contribution in [-0.4, -0.2) is 11.2 Å². The fourth-order valence-electron chi connectivity index (χ4n) is 2.48. The minimum Gasteiger partial charge on any atom is -0.403 e. The summed E-state index contributed by atoms with van der Waals surface area (Å²) in [6.45, 7) is 2.06. The molecule has 0 saturated heterocycles. The van der Waals surface area contributed by atoms with Crippen LogP contribution in [0.4, 0.5) is 0 Å². The lowest BCUT2D eigenvalue weighted by molar-refractivity contribution is 1.31. The van der Waals surface area contributed by atoms with Gasteiger partial charge in [0.1, 0.15) is 0 Å². The molecule has 0 bridgehead atoms. The van der Waals surface area contributed by atoms with Crippen LogP contribution in [0.25, 0.3) is 27.5 Å². The third-order valence-electron chi connectivity index (χ3n) is 3.39. The van der Waals surface area contributed by atoms with Crippen molar-refractivity contribution in [1.29, 1.82) is 0 Å². The van der Waals surface area contributed by atoms with E-state index in [1.807, 2.05) is 24.4 Å². The van der Waals surface area contributed by atoms with Crippen LogP contribution in [0, 0.1) is 0 Å². The maximum absolute atomic E-state index is 5.74. The molecule has 0 saturated carbocycles. The van der Waals surface area contributed by atoms with Gasteiger partial charge >= 0.3 is 0 Å². The van der Waals surface area contributed by atoms with Gasteiger partial charge < -0.3 is 10.7 Å². The zero-order valence-electron chi connectivity index (χ0n) is 11.4. The number of rotatable bonds is 3. The first kappa shape index (κ1) is 12.5. The Labute approximate surface area is 117 Å². The molecule has 1 heterocycles. The SMILES string of the molecule is CCC=N/C(=C\N)c1cccc2c1[nH]c1ccccc12. The number of benzene rings is 2. The minimum absolute atomic E-state index is 0.795. The summed E-state index contributed by atoms with van der Waals surface area (Å²) in [5.41, 5.74) is 9.78. The van der Waals surface area contributed by atoms with Crippen molar-refractivity contribution < 1.29 is 0 Å². The van der Waals surface area contributed by atoms with Gasteiger partial charge in [0.2, 0.25) is 0 Å². The number of hydrogen-bond donors (Lipinski definition) is 2. The van der Waals surface area contributed by atoms with Crippen molar-refractivity contribution in [3.8, 4) is 0 Å². The van der Waals surface area contributed by atoms with Crippen molar-refractivity contribution in [3.63, 3.8) is 0 Å². The van der Waals surface area contributed by atoms with E-state index < -0.39 is 0 Å². The average molecular weight is 263 g/mol. The predicted octanol–water partition coefficient (Wildman–Crippen LogP) is 4.06. The molecule has 100 valence electrons. The first-order valence-corrected chi connectivity index (χ1v) is 6.79. The quantitative estimate of drug-likeness (QED) is 0.688. The highest BCUT2D eigenvalue weighted by Crippen LogP contribution is 2.30. The summed E-state index contributed by atoms with van der Waals surface area (Å²) in [5, 5.41) is 2.42. The summed E-state index contributed by atoms with van der Waals surface area (Å²) in [6.07, 6.45) is 4.33. The van der Waals surface area contributed by atoms with E-state index in [4.69, 9.17) is 5.73 Å². The van der Waals surface area contributed by atoms with Crippen LogP contribution >= 0.6 is 0 Å². The highest BCUT2D eigenvalue weighted by atomic mass is 14.8. The Morgan fingerprint density at radius 1 is 1.15 bits per heavy atom. The number of nitrogens with two attached hydrogens (primary N) is 1. The first-order valence-electron chi connectivity index (χ1n) is 6.79. The highest BCUT2D eigenvalue weighted by Gasteiger charge is 2.09. The fourth-order valence-corrected chi connectivity index (χ4v) is 2.48. The summed E-state index contributed by atoms with van der Waals surface area (Å²) < 4.78 is 0. The van der Waals surface area contributed by atoms with Crippen molar-refractivity contribution in [2.75, 3.05) is 0 Å². The third-order valence-corrected chi connectivity index (χ3v) is 3.39. The Morgan fingerprint density at radius 3 is 2.75 bits per heavy atom. The van der Waals surface area contributed by atoms with Gasteiger partial charge in [-0.2, -0.15) is 0 Å². The van der Waals surface area contributed by atoms with Crippen LogP contribution in [0.1, 0.15) is 18.9 Å². The third kappa shape index (κ3) is 1.97. The molecule has 0 aliphatic carbocycles. The van der Waals surface area contributed by atoms with E-state index in [2.05, 4.69) is 41.2 Å². The number of para-hydroxylation sites is 2. The maximum atomic E-state index is 5.74. The van der Waals surface area contributed by atoms with E-state index in [-0.39, 0.29) is 0 Å². The molecule has 3 nitrogen and oxygen atoms in total. The Hall–Kier alpha value is -2.55. The van der Waals surface area contributed by atoms with Crippen molar-refractivity contribution in [1.82, 2.24) is 4.98 Å². The molecule has 0 amide bonds. The smallest absolute Gasteiger partial charge is 0.0873 e. The fraction of sp³-hybridized carbons (Fsp3) is 0.118. The minimum atomic E-state index is 0.795. The summed E-state index contributed by atoms with van der Waals surface area (Å²) in [5.74, 6) is 0. The number of aromatic amines is 1. The van der Waals surface area contributed by atoms with E-state index in [1.165, 1.54) is 10.8 Å². The van der Waals surface area contributed by atoms with Gasteiger partial charge in [0, 0.05) is 34.3 Å². The molecule has 3 N–H and O–H groups in total. The molecule has 2 aromatic carbocycles. The molecule has 3 heteroatoms. The lowest BCUT2D eigenvalue weighted by Crippen LogP contribution is -1.89. The first-order chi connectivity index (χ1) is 9.85. The maximum Gasteiger partial charge on any atom is 0.0873 e. The van der Waals surface area contributed by atoms with Gasteiger partial charge in [-0.15, -0.1) is 0 Å². The molecule has 0 atom stereocenters. The van der Waals surface area contributed by atoms with E-state index in [9.17, 15) is 0 Å². The van der Waals surface area contributed by atoms with E-state index in [1.54, 1.807) is 6.20 Å². The van der Waals surface area contributed by atoms with Crippen LogP contribution in [0.15, 0.2) is 53.7 Å². The van der Waals surface area contributed by atoms with Crippen LogP contribution < -0.4 is 5.73 Å². The monoisotopic (exact) mass is 263 g/mol. The van der Waals surface area contributed by atoms with Gasteiger partial charge in [-0.05, 0) is 12.5 Å². The topological polar surface area (TPSA) is 54.2 Å². The van der Waals surface area contributed by atoms with Crippen molar-refractivity contribution in [2.45, 2.75) is 13.3 Å². The van der Waals surface area contributed by atoms with Crippen LogP contribution in [0.5, 0.6) is 0 Å². The summed E-state index contributed by atoms with van der Waals surface area (Å²) in [7, 11) is 0. The molecule has 0 aliphatic heterocycles. The molecular formula is C17H17N3. The molecule has 0 spiro atoms. The lowest BCUT2D eigenvalue weighted by Gasteiger charge is -2.03. The molecule has 0 unspecified atom stereocenters. The second-order valence-electron chi connectivity index (χ2n) is 4.67. The molecule has 3 aromatic rings. The largest absolute Gasteiger partial charge is 0.403 e. The number of fused-ring (bicyclic) bond motifs is 3. The highest BCUT2D eigenvalue weighted by molar-refractivity contribution is 6.10. The zero-order valence-corrected chi connectivity index (χ0v) is 11.4. The molecule has 0 radical (unpaired) electrons. The van der Waals surface area contributed by atoms with Gasteiger partial charge in [-0.25, -0.2) is 0 Å². The molecule has 20 heavy (non-hydrogen) atoms. The second kappa shape index (κ2) is 5.21. The van der Waals surface area contributed by atoms with E-state index >= 15 is 0 Å². The zero-order chi connectivity index (χ0) is 13.9. The van der Waals surface area contributed by atoms with Crippen LogP contribution in [0.2, 0.25) is 0 Å². The van der Waals surface area contributed by atoms with Crippen molar-refractivity contribution in [2.24, 2.45) is 10.7 Å². The van der Waals surface area contributed by atoms with Crippen LogP contribution in [-0.2, 0) is 0 Å². The number of aliphatic imine (C=N–C) groups is 1. The number of H-pyrrole nitrogens is 1. The van der Waals surface area contributed by atoms with Gasteiger partial charge in [-0.3, -0.25) is 4.99 Å². The van der Waals surface area contributed by atoms with Gasteiger partial charge in [-0.1, -0.05) is 43.3 Å². The average Bonchev–Trinajstić information content (AvgIpc) is 2.87. The van der Waals surface area contributed by atoms with E-state index in [0.29, 0.717) is 0 Å². The number of aromatic nitrogens is 1. The van der Waals surface area contributed by atoms with Gasteiger partial charge in [0.05, 0.1) is 11.2 Å². The Kier molecular flexibility index (Phi) is 3.25. The van der Waals surface area contributed by atoms with Crippen LogP contribution in [0.3, 0.4) is 0 Å². The Morgan fingerprint density at radius 2 is 1.95 bits per heavy atom. The molecule has 0 fully saturated rings. The predicted molar refractivity (Wildman–Crippen MR) is 86.8 cm³/mol. The second-order valence-corrected chi connectivity index (χ2v) is 4.67. The molecule has 0 aliphatic rings. The Bertz CT molecular complexity index is 809. The number of hydrogen-bond acceptors (Lipinski definition) is 2. The summed E-state index contributed by atoms with van der Waals surface area (Å²) in [6, 6.07) is 14.5. The van der Waals surface area contributed by atoms with Gasteiger partial charge in [0.15, 0.2) is 0 Å². The van der Waals surface area contributed by atoms with Gasteiger partial charge in [0.25, 0.3) is 0 Å². The number of nitrogens with zero attached hydrogens (tertiary/aromatic N) is 1.